The number of nitrogens with zero attached hydrogens (tertiary/aromatic N) is 3. The van der Waals surface area contributed by atoms with Gasteiger partial charge >= 0.3 is 0 Å². The lowest BCUT2D eigenvalue weighted by Gasteiger charge is -2.36. The molecular formula is C22H36N4O3. The minimum absolute atomic E-state index is 0.195. The summed E-state index contributed by atoms with van der Waals surface area (Å²) in [6.07, 6.45) is 1.15. The van der Waals surface area contributed by atoms with Crippen LogP contribution in [0.15, 0.2) is 17.1 Å². The Balaban J connectivity index is 1.59. The molecule has 1 unspecified atom stereocenters. The first-order chi connectivity index (χ1) is 14.0. The number of rotatable bonds is 6. The van der Waals surface area contributed by atoms with Crippen molar-refractivity contribution >= 4 is 5.96 Å². The monoisotopic (exact) mass is 404 g/mol. The number of morpholine rings is 1. The smallest absolute Gasteiger partial charge is 0.194 e. The van der Waals surface area contributed by atoms with Crippen molar-refractivity contribution < 1.29 is 14.2 Å². The highest BCUT2D eigenvalue weighted by molar-refractivity contribution is 5.80. The summed E-state index contributed by atoms with van der Waals surface area (Å²) in [7, 11) is 5.21. The summed E-state index contributed by atoms with van der Waals surface area (Å²) in [6, 6.07) is 4.18. The van der Waals surface area contributed by atoms with Gasteiger partial charge in [-0.2, -0.15) is 0 Å². The van der Waals surface area contributed by atoms with Gasteiger partial charge in [-0.15, -0.1) is 0 Å². The van der Waals surface area contributed by atoms with E-state index in [9.17, 15) is 0 Å². The quantitative estimate of drug-likeness (QED) is 0.578. The molecule has 3 rings (SSSR count). The van der Waals surface area contributed by atoms with E-state index in [0.717, 1.165) is 69.8 Å². The first-order valence-corrected chi connectivity index (χ1v) is 10.6. The molecule has 0 radical (unpaired) electrons. The van der Waals surface area contributed by atoms with Gasteiger partial charge in [0.05, 0.1) is 26.9 Å². The number of guanidine groups is 1. The van der Waals surface area contributed by atoms with Crippen molar-refractivity contribution in [3.8, 4) is 11.5 Å². The summed E-state index contributed by atoms with van der Waals surface area (Å²) >= 11 is 0. The first kappa shape index (κ1) is 21.7. The molecule has 0 amide bonds. The predicted molar refractivity (Wildman–Crippen MR) is 116 cm³/mol. The molecule has 162 valence electrons. The van der Waals surface area contributed by atoms with Crippen molar-refractivity contribution in [1.29, 1.82) is 0 Å². The summed E-state index contributed by atoms with van der Waals surface area (Å²) < 4.78 is 16.9. The third-order valence-electron chi connectivity index (χ3n) is 5.56. The summed E-state index contributed by atoms with van der Waals surface area (Å²) in [5, 5.41) is 3.53. The van der Waals surface area contributed by atoms with Gasteiger partial charge < -0.3 is 24.4 Å². The Hall–Kier alpha value is -1.99. The second-order valence-corrected chi connectivity index (χ2v) is 8.22. The molecule has 1 fully saturated rings. The number of fused-ring (bicyclic) bond motifs is 1. The van der Waals surface area contributed by atoms with E-state index in [-0.39, 0.29) is 6.10 Å². The van der Waals surface area contributed by atoms with Crippen LogP contribution in [0.3, 0.4) is 0 Å². The van der Waals surface area contributed by atoms with Gasteiger partial charge in [0.2, 0.25) is 0 Å². The van der Waals surface area contributed by atoms with Crippen LogP contribution in [0, 0.1) is 5.92 Å². The third-order valence-corrected chi connectivity index (χ3v) is 5.56. The Bertz CT molecular complexity index is 708. The zero-order valence-electron chi connectivity index (χ0n) is 18.5. The van der Waals surface area contributed by atoms with E-state index >= 15 is 0 Å². The second kappa shape index (κ2) is 10.2. The van der Waals surface area contributed by atoms with Gasteiger partial charge in [-0.3, -0.25) is 9.89 Å². The van der Waals surface area contributed by atoms with Crippen molar-refractivity contribution in [3.63, 3.8) is 0 Å². The summed E-state index contributed by atoms with van der Waals surface area (Å²) in [5.74, 6) is 3.17. The van der Waals surface area contributed by atoms with Crippen LogP contribution in [0.5, 0.6) is 11.5 Å². The second-order valence-electron chi connectivity index (χ2n) is 8.22. The standard InChI is InChI=1S/C22H36N4O3/c1-16(2)13-25-8-9-29-19(15-25)12-24-22(23-3)26-7-6-17-10-20(27-4)21(28-5)11-18(17)14-26/h10-11,16,19H,6-9,12-15H2,1-5H3,(H,23,24). The molecule has 1 aromatic rings. The first-order valence-electron chi connectivity index (χ1n) is 10.6. The molecule has 2 aliphatic heterocycles. The Morgan fingerprint density at radius 1 is 1.21 bits per heavy atom. The Labute approximate surface area is 175 Å². The highest BCUT2D eigenvalue weighted by Crippen LogP contribution is 2.33. The fraction of sp³-hybridized carbons (Fsp3) is 0.682. The maximum absolute atomic E-state index is 5.98. The lowest BCUT2D eigenvalue weighted by atomic mass is 9.99. The number of hydrogen-bond donors (Lipinski definition) is 1. The van der Waals surface area contributed by atoms with Crippen molar-refractivity contribution in [1.82, 2.24) is 15.1 Å². The average Bonchev–Trinajstić information content (AvgIpc) is 2.72. The number of ether oxygens (including phenoxy) is 3. The van der Waals surface area contributed by atoms with Crippen molar-refractivity contribution in [2.45, 2.75) is 32.9 Å². The van der Waals surface area contributed by atoms with E-state index in [0.29, 0.717) is 5.92 Å². The zero-order valence-corrected chi connectivity index (χ0v) is 18.5. The van der Waals surface area contributed by atoms with E-state index in [4.69, 9.17) is 14.2 Å². The van der Waals surface area contributed by atoms with Gasteiger partial charge in [0.15, 0.2) is 17.5 Å². The fourth-order valence-corrected chi connectivity index (χ4v) is 4.19. The normalized spacial score (nSPS) is 20.6. The van der Waals surface area contributed by atoms with Crippen LogP contribution < -0.4 is 14.8 Å². The van der Waals surface area contributed by atoms with Crippen molar-refractivity contribution in [3.05, 3.63) is 23.3 Å². The molecule has 0 aromatic heterocycles. The Kier molecular flexibility index (Phi) is 7.61. The van der Waals surface area contributed by atoms with Crippen LogP contribution in [0.4, 0.5) is 0 Å². The minimum Gasteiger partial charge on any atom is -0.493 e. The molecule has 0 spiro atoms. The van der Waals surface area contributed by atoms with E-state index in [1.807, 2.05) is 7.05 Å². The zero-order chi connectivity index (χ0) is 20.8. The molecule has 0 saturated carbocycles. The molecule has 7 heteroatoms. The molecule has 29 heavy (non-hydrogen) atoms. The number of nitrogens with one attached hydrogen (secondary N) is 1. The van der Waals surface area contributed by atoms with Gasteiger partial charge in [-0.25, -0.2) is 0 Å². The number of aliphatic imine (C=N–C) groups is 1. The molecule has 2 heterocycles. The highest BCUT2D eigenvalue weighted by atomic mass is 16.5. The SMILES string of the molecule is CN=C(NCC1CN(CC(C)C)CCO1)N1CCc2cc(OC)c(OC)cc2C1. The maximum atomic E-state index is 5.98. The van der Waals surface area contributed by atoms with Gasteiger partial charge in [-0.05, 0) is 35.6 Å². The summed E-state index contributed by atoms with van der Waals surface area (Å²) in [6.45, 7) is 11.0. The Morgan fingerprint density at radius 2 is 1.93 bits per heavy atom. The lowest BCUT2D eigenvalue weighted by Crippen LogP contribution is -2.51. The molecule has 1 saturated heterocycles. The van der Waals surface area contributed by atoms with Crippen LogP contribution in [0.25, 0.3) is 0 Å². The molecule has 1 N–H and O–H groups in total. The van der Waals surface area contributed by atoms with Crippen LogP contribution in [0.1, 0.15) is 25.0 Å². The highest BCUT2D eigenvalue weighted by Gasteiger charge is 2.24. The number of benzene rings is 1. The van der Waals surface area contributed by atoms with E-state index in [2.05, 4.69) is 46.1 Å². The Morgan fingerprint density at radius 3 is 2.59 bits per heavy atom. The molecular weight excluding hydrogens is 368 g/mol. The van der Waals surface area contributed by atoms with Gasteiger partial charge in [-0.1, -0.05) is 13.8 Å². The maximum Gasteiger partial charge on any atom is 0.194 e. The fourth-order valence-electron chi connectivity index (χ4n) is 4.19. The van der Waals surface area contributed by atoms with E-state index in [1.165, 1.54) is 11.1 Å². The third kappa shape index (κ3) is 5.54. The topological polar surface area (TPSA) is 58.6 Å². The minimum atomic E-state index is 0.195. The average molecular weight is 405 g/mol. The van der Waals surface area contributed by atoms with Gasteiger partial charge in [0.1, 0.15) is 0 Å². The summed E-state index contributed by atoms with van der Waals surface area (Å²) in [5.41, 5.74) is 2.57. The van der Waals surface area contributed by atoms with Crippen LogP contribution in [-0.2, 0) is 17.7 Å². The predicted octanol–water partition coefficient (Wildman–Crippen LogP) is 1.99. The van der Waals surface area contributed by atoms with Crippen molar-refractivity contribution in [2.75, 3.05) is 60.6 Å². The van der Waals surface area contributed by atoms with E-state index in [1.54, 1.807) is 14.2 Å². The number of methoxy groups -OCH3 is 2. The summed E-state index contributed by atoms with van der Waals surface area (Å²) in [4.78, 5) is 9.31. The van der Waals surface area contributed by atoms with Gasteiger partial charge in [0, 0.05) is 46.3 Å². The molecule has 1 atom stereocenters. The molecule has 2 aliphatic rings. The molecule has 7 nitrogen and oxygen atoms in total. The lowest BCUT2D eigenvalue weighted by molar-refractivity contribution is -0.0286. The van der Waals surface area contributed by atoms with Crippen molar-refractivity contribution in [2.24, 2.45) is 10.9 Å². The molecule has 0 aliphatic carbocycles. The van der Waals surface area contributed by atoms with Gasteiger partial charge in [0.25, 0.3) is 0 Å². The van der Waals surface area contributed by atoms with Crippen LogP contribution in [0.2, 0.25) is 0 Å². The van der Waals surface area contributed by atoms with E-state index < -0.39 is 0 Å². The molecule has 1 aromatic carbocycles. The number of hydrogen-bond acceptors (Lipinski definition) is 5. The largest absolute Gasteiger partial charge is 0.493 e. The molecule has 0 bridgehead atoms. The van der Waals surface area contributed by atoms with Crippen LogP contribution in [-0.4, -0.2) is 82.5 Å². The van der Waals surface area contributed by atoms with Crippen LogP contribution >= 0.6 is 0 Å².